The van der Waals surface area contributed by atoms with E-state index < -0.39 is 12.1 Å². The van der Waals surface area contributed by atoms with Gasteiger partial charge in [0.15, 0.2) is 0 Å². The summed E-state index contributed by atoms with van der Waals surface area (Å²) in [5.41, 5.74) is 0.948. The molecule has 1 saturated carbocycles. The third-order valence-corrected chi connectivity index (χ3v) is 5.61. The van der Waals surface area contributed by atoms with Crippen LogP contribution in [0.2, 0.25) is 0 Å². The summed E-state index contributed by atoms with van der Waals surface area (Å²) >= 11 is 0. The quantitative estimate of drug-likeness (QED) is 0.567. The number of unbranched alkanes of at least 4 members (excludes halogenated alkanes) is 1. The van der Waals surface area contributed by atoms with E-state index in [0.717, 1.165) is 44.1 Å². The molecule has 0 saturated heterocycles. The Bertz CT molecular complexity index is 671. The lowest BCUT2D eigenvalue weighted by Gasteiger charge is -2.29. The van der Waals surface area contributed by atoms with Crippen LogP contribution in [0, 0.1) is 11.8 Å². The van der Waals surface area contributed by atoms with Gasteiger partial charge in [-0.15, -0.1) is 0 Å². The average molecular weight is 419 g/mol. The summed E-state index contributed by atoms with van der Waals surface area (Å²) < 4.78 is 10.0. The van der Waals surface area contributed by atoms with Gasteiger partial charge in [-0.25, -0.2) is 9.59 Å². The molecule has 1 aliphatic rings. The molecule has 0 aromatic heterocycles. The van der Waals surface area contributed by atoms with Crippen molar-refractivity contribution >= 4 is 18.0 Å². The number of hydrogen-bond acceptors (Lipinski definition) is 5. The minimum absolute atomic E-state index is 0.0739. The molecule has 1 aromatic rings. The van der Waals surface area contributed by atoms with Crippen molar-refractivity contribution in [3.05, 3.63) is 35.9 Å². The van der Waals surface area contributed by atoms with E-state index in [9.17, 15) is 14.4 Å². The number of methoxy groups -OCH3 is 1. The molecule has 2 amide bonds. The van der Waals surface area contributed by atoms with Crippen molar-refractivity contribution in [2.75, 3.05) is 13.7 Å². The number of hydrogen-bond donors (Lipinski definition) is 2. The Balaban J connectivity index is 1.67. The number of alkyl carbamates (subject to hydrolysis) is 1. The minimum atomic E-state index is -0.568. The fourth-order valence-corrected chi connectivity index (χ4v) is 3.72. The summed E-state index contributed by atoms with van der Waals surface area (Å²) in [6.07, 6.45) is 5.20. The van der Waals surface area contributed by atoms with Crippen LogP contribution < -0.4 is 10.6 Å². The number of benzene rings is 1. The van der Waals surface area contributed by atoms with E-state index in [1.54, 1.807) is 0 Å². The first kappa shape index (κ1) is 23.7. The van der Waals surface area contributed by atoms with Crippen molar-refractivity contribution in [3.63, 3.8) is 0 Å². The Morgan fingerprint density at radius 2 is 1.80 bits per heavy atom. The van der Waals surface area contributed by atoms with Crippen LogP contribution in [0.25, 0.3) is 0 Å². The van der Waals surface area contributed by atoms with Crippen LogP contribution in [-0.2, 0) is 25.7 Å². The zero-order valence-electron chi connectivity index (χ0n) is 18.0. The zero-order valence-corrected chi connectivity index (χ0v) is 18.0. The standard InChI is InChI=1S/C23H34N2O5/c1-3-4-10-20(22(27)29-2)25-21(26)19-13-11-17(12-14-19)15-24-23(28)30-16-18-8-6-5-7-9-18/h5-9,17,19-20H,3-4,10-16H2,1-2H3,(H,24,28)(H,25,26)/t17?,19?,20-/m0/s1. The highest BCUT2D eigenvalue weighted by molar-refractivity contribution is 5.85. The molecule has 0 heterocycles. The minimum Gasteiger partial charge on any atom is -0.467 e. The van der Waals surface area contributed by atoms with Gasteiger partial charge >= 0.3 is 12.1 Å². The van der Waals surface area contributed by atoms with Crippen molar-refractivity contribution in [1.29, 1.82) is 0 Å². The van der Waals surface area contributed by atoms with Gasteiger partial charge in [-0.05, 0) is 43.6 Å². The van der Waals surface area contributed by atoms with Gasteiger partial charge in [0.25, 0.3) is 0 Å². The van der Waals surface area contributed by atoms with E-state index in [2.05, 4.69) is 10.6 Å². The monoisotopic (exact) mass is 418 g/mol. The van der Waals surface area contributed by atoms with Crippen molar-refractivity contribution in [2.24, 2.45) is 11.8 Å². The van der Waals surface area contributed by atoms with E-state index in [1.807, 2.05) is 37.3 Å². The summed E-state index contributed by atoms with van der Waals surface area (Å²) in [6.45, 7) is 2.84. The van der Waals surface area contributed by atoms with Crippen molar-refractivity contribution in [3.8, 4) is 0 Å². The van der Waals surface area contributed by atoms with Crippen molar-refractivity contribution < 1.29 is 23.9 Å². The molecule has 0 unspecified atom stereocenters. The van der Waals surface area contributed by atoms with Crippen molar-refractivity contribution in [2.45, 2.75) is 64.5 Å². The number of nitrogens with one attached hydrogen (secondary N) is 2. The molecule has 7 nitrogen and oxygen atoms in total. The predicted octanol–water partition coefficient (Wildman–Crippen LogP) is 3.57. The second-order valence-electron chi connectivity index (χ2n) is 7.89. The molecular weight excluding hydrogens is 384 g/mol. The fraction of sp³-hybridized carbons (Fsp3) is 0.609. The Labute approximate surface area is 178 Å². The summed E-state index contributed by atoms with van der Waals surface area (Å²) in [5, 5.41) is 5.69. The summed E-state index contributed by atoms with van der Waals surface area (Å²) in [4.78, 5) is 36.4. The third kappa shape index (κ3) is 8.05. The van der Waals surface area contributed by atoms with E-state index in [0.29, 0.717) is 18.9 Å². The summed E-state index contributed by atoms with van der Waals surface area (Å²) in [5.74, 6) is -0.228. The van der Waals surface area contributed by atoms with Gasteiger partial charge in [-0.1, -0.05) is 50.1 Å². The van der Waals surface area contributed by atoms with Gasteiger partial charge in [0.2, 0.25) is 5.91 Å². The molecule has 0 spiro atoms. The predicted molar refractivity (Wildman–Crippen MR) is 114 cm³/mol. The molecular formula is C23H34N2O5. The molecule has 30 heavy (non-hydrogen) atoms. The number of ether oxygens (including phenoxy) is 2. The lowest BCUT2D eigenvalue weighted by atomic mass is 9.81. The Hall–Kier alpha value is -2.57. The highest BCUT2D eigenvalue weighted by Gasteiger charge is 2.29. The first-order valence-electron chi connectivity index (χ1n) is 10.9. The Morgan fingerprint density at radius 1 is 1.10 bits per heavy atom. The smallest absolute Gasteiger partial charge is 0.407 e. The molecule has 0 aliphatic heterocycles. The van der Waals surface area contributed by atoms with E-state index in [-0.39, 0.29) is 24.4 Å². The topological polar surface area (TPSA) is 93.7 Å². The zero-order chi connectivity index (χ0) is 21.8. The maximum Gasteiger partial charge on any atom is 0.407 e. The lowest BCUT2D eigenvalue weighted by Crippen LogP contribution is -2.45. The van der Waals surface area contributed by atoms with Crippen molar-refractivity contribution in [1.82, 2.24) is 10.6 Å². The molecule has 166 valence electrons. The van der Waals surface area contributed by atoms with E-state index in [4.69, 9.17) is 9.47 Å². The van der Waals surface area contributed by atoms with Crippen LogP contribution in [0.1, 0.15) is 57.4 Å². The van der Waals surface area contributed by atoms with E-state index >= 15 is 0 Å². The first-order chi connectivity index (χ1) is 14.5. The molecule has 0 bridgehead atoms. The van der Waals surface area contributed by atoms with Crippen LogP contribution in [0.4, 0.5) is 4.79 Å². The lowest BCUT2D eigenvalue weighted by molar-refractivity contribution is -0.146. The van der Waals surface area contributed by atoms with Crippen LogP contribution in [0.5, 0.6) is 0 Å². The van der Waals surface area contributed by atoms with Crippen LogP contribution in [-0.4, -0.2) is 37.7 Å². The second-order valence-corrected chi connectivity index (χ2v) is 7.89. The Morgan fingerprint density at radius 3 is 2.43 bits per heavy atom. The number of carbonyl (C=O) groups excluding carboxylic acids is 3. The van der Waals surface area contributed by atoms with Gasteiger partial charge < -0.3 is 20.1 Å². The largest absolute Gasteiger partial charge is 0.467 e. The maximum absolute atomic E-state index is 12.6. The fourth-order valence-electron chi connectivity index (χ4n) is 3.72. The number of amides is 2. The van der Waals surface area contributed by atoms with Gasteiger partial charge in [0.05, 0.1) is 7.11 Å². The third-order valence-electron chi connectivity index (χ3n) is 5.61. The summed E-state index contributed by atoms with van der Waals surface area (Å²) in [7, 11) is 1.34. The van der Waals surface area contributed by atoms with Crippen LogP contribution >= 0.6 is 0 Å². The Kier molecular flexibility index (Phi) is 10.2. The van der Waals surface area contributed by atoms with Crippen LogP contribution in [0.3, 0.4) is 0 Å². The highest BCUT2D eigenvalue weighted by atomic mass is 16.5. The van der Waals surface area contributed by atoms with E-state index in [1.165, 1.54) is 7.11 Å². The summed E-state index contributed by atoms with van der Waals surface area (Å²) in [6, 6.07) is 8.98. The van der Waals surface area contributed by atoms with Gasteiger partial charge in [0.1, 0.15) is 12.6 Å². The van der Waals surface area contributed by atoms with Gasteiger partial charge in [-0.3, -0.25) is 4.79 Å². The second kappa shape index (κ2) is 12.9. The number of rotatable bonds is 10. The maximum atomic E-state index is 12.6. The molecule has 1 fully saturated rings. The van der Waals surface area contributed by atoms with Crippen LogP contribution in [0.15, 0.2) is 30.3 Å². The molecule has 1 aliphatic carbocycles. The molecule has 2 N–H and O–H groups in total. The average Bonchev–Trinajstić information content (AvgIpc) is 2.79. The molecule has 7 heteroatoms. The molecule has 0 radical (unpaired) electrons. The SMILES string of the molecule is CCCC[C@H](NC(=O)C1CCC(CNC(=O)OCc2ccccc2)CC1)C(=O)OC. The number of esters is 1. The normalized spacial score (nSPS) is 19.4. The molecule has 2 rings (SSSR count). The number of carbonyl (C=O) groups is 3. The van der Waals surface area contributed by atoms with Gasteiger partial charge in [0, 0.05) is 12.5 Å². The highest BCUT2D eigenvalue weighted by Crippen LogP contribution is 2.28. The first-order valence-corrected chi connectivity index (χ1v) is 10.9. The van der Waals surface area contributed by atoms with Gasteiger partial charge in [-0.2, -0.15) is 0 Å². The molecule has 1 aromatic carbocycles. The molecule has 1 atom stereocenters.